The van der Waals surface area contributed by atoms with Crippen molar-refractivity contribution in [1.82, 2.24) is 20.5 Å². The number of thiazole rings is 1. The summed E-state index contributed by atoms with van der Waals surface area (Å²) in [4.78, 5) is 19.6. The van der Waals surface area contributed by atoms with E-state index in [1.165, 1.54) is 33.9 Å². The van der Waals surface area contributed by atoms with Gasteiger partial charge in [0.05, 0.1) is 11.8 Å². The normalized spacial score (nSPS) is 17.6. The van der Waals surface area contributed by atoms with Crippen LogP contribution in [0.1, 0.15) is 49.4 Å². The van der Waals surface area contributed by atoms with E-state index in [0.29, 0.717) is 5.25 Å². The largest absolute Gasteiger partial charge is 0.447 e. The molecule has 0 bridgehead atoms. The molecule has 0 spiro atoms. The van der Waals surface area contributed by atoms with Crippen LogP contribution in [0.4, 0.5) is 16.3 Å². The van der Waals surface area contributed by atoms with E-state index in [0.717, 1.165) is 41.5 Å². The van der Waals surface area contributed by atoms with Crippen LogP contribution in [0.15, 0.2) is 29.2 Å². The van der Waals surface area contributed by atoms with E-state index in [2.05, 4.69) is 39.0 Å². The Bertz CT molecular complexity index is 1150. The van der Waals surface area contributed by atoms with Crippen LogP contribution in [-0.4, -0.2) is 38.7 Å². The maximum Gasteiger partial charge on any atom is 0.407 e. The molecule has 7 nitrogen and oxygen atoms in total. The van der Waals surface area contributed by atoms with Crippen LogP contribution < -0.4 is 10.6 Å². The number of carbonyl (C=O) groups excluding carboxylic acids is 1. The molecule has 3 N–H and O–H groups in total. The second kappa shape index (κ2) is 9.38. The zero-order valence-corrected chi connectivity index (χ0v) is 20.7. The van der Waals surface area contributed by atoms with Crippen LogP contribution in [0.5, 0.6) is 0 Å². The minimum atomic E-state index is -0.332. The fourth-order valence-corrected chi connectivity index (χ4v) is 6.41. The summed E-state index contributed by atoms with van der Waals surface area (Å²) in [6.07, 6.45) is 4.67. The van der Waals surface area contributed by atoms with Crippen molar-refractivity contribution in [2.24, 2.45) is 0 Å². The van der Waals surface area contributed by atoms with Crippen LogP contribution in [0.2, 0.25) is 0 Å². The lowest BCUT2D eigenvalue weighted by molar-refractivity contribution is 0.111. The Morgan fingerprint density at radius 1 is 1.27 bits per heavy atom. The molecule has 2 aromatic heterocycles. The van der Waals surface area contributed by atoms with Gasteiger partial charge in [-0.25, -0.2) is 9.78 Å². The maximum atomic E-state index is 12.0. The summed E-state index contributed by atoms with van der Waals surface area (Å²) < 4.78 is 5.25. The molecule has 0 saturated heterocycles. The zero-order chi connectivity index (χ0) is 22.9. The van der Waals surface area contributed by atoms with Gasteiger partial charge in [-0.1, -0.05) is 0 Å². The molecule has 1 aromatic carbocycles. The molecule has 1 fully saturated rings. The van der Waals surface area contributed by atoms with Gasteiger partial charge in [-0.05, 0) is 64.7 Å². The highest BCUT2D eigenvalue weighted by atomic mass is 32.2. The summed E-state index contributed by atoms with van der Waals surface area (Å²) >= 11 is 3.70. The molecule has 1 amide bonds. The Labute approximate surface area is 202 Å². The summed E-state index contributed by atoms with van der Waals surface area (Å²) in [6.45, 7) is 5.72. The van der Waals surface area contributed by atoms with Crippen molar-refractivity contribution < 1.29 is 9.53 Å². The molecule has 9 heteroatoms. The minimum Gasteiger partial charge on any atom is -0.447 e. The predicted molar refractivity (Wildman–Crippen MR) is 134 cm³/mol. The summed E-state index contributed by atoms with van der Waals surface area (Å²) in [5.74, 6) is 0.821. The van der Waals surface area contributed by atoms with Gasteiger partial charge < -0.3 is 15.4 Å². The highest BCUT2D eigenvalue weighted by Gasteiger charge is 2.27. The number of aromatic amines is 1. The SMILES string of the molecule is Cc1cc(Nc2ccc(-c3nc4c(s3)CC(NC(=O)OC(C)C)CC4)c(SC3CC3)c2)n[nH]1. The van der Waals surface area contributed by atoms with E-state index < -0.39 is 0 Å². The van der Waals surface area contributed by atoms with Crippen molar-refractivity contribution in [3.8, 4) is 10.6 Å². The molecule has 0 radical (unpaired) electrons. The molecule has 0 aliphatic heterocycles. The van der Waals surface area contributed by atoms with Crippen LogP contribution in [-0.2, 0) is 17.6 Å². The van der Waals surface area contributed by atoms with Gasteiger partial charge in [-0.15, -0.1) is 23.1 Å². The molecule has 33 heavy (non-hydrogen) atoms. The number of nitrogens with zero attached hydrogens (tertiary/aromatic N) is 2. The van der Waals surface area contributed by atoms with Gasteiger partial charge in [0.2, 0.25) is 0 Å². The smallest absolute Gasteiger partial charge is 0.407 e. The lowest BCUT2D eigenvalue weighted by Gasteiger charge is -2.22. The number of ether oxygens (including phenoxy) is 1. The fraction of sp³-hybridized carbons (Fsp3) is 0.458. The summed E-state index contributed by atoms with van der Waals surface area (Å²) in [5, 5.41) is 15.4. The molecule has 2 aliphatic rings. The number of anilines is 2. The second-order valence-electron chi connectivity index (χ2n) is 9.02. The highest BCUT2D eigenvalue weighted by molar-refractivity contribution is 8.00. The number of thioether (sulfide) groups is 1. The maximum absolute atomic E-state index is 12.0. The summed E-state index contributed by atoms with van der Waals surface area (Å²) in [7, 11) is 0. The number of aromatic nitrogens is 3. The number of nitrogens with one attached hydrogen (secondary N) is 3. The first-order valence-electron chi connectivity index (χ1n) is 11.5. The van der Waals surface area contributed by atoms with Gasteiger partial charge in [-0.3, -0.25) is 5.10 Å². The third-order valence-electron chi connectivity index (χ3n) is 5.61. The van der Waals surface area contributed by atoms with Crippen molar-refractivity contribution >= 4 is 40.7 Å². The molecule has 3 aromatic rings. The quantitative estimate of drug-likeness (QED) is 0.391. The average molecular weight is 484 g/mol. The van der Waals surface area contributed by atoms with Crippen LogP contribution in [0.25, 0.3) is 10.6 Å². The number of rotatable bonds is 7. The zero-order valence-electron chi connectivity index (χ0n) is 19.1. The van der Waals surface area contributed by atoms with Crippen molar-refractivity contribution in [3.05, 3.63) is 40.5 Å². The number of aryl methyl sites for hydroxylation is 2. The van der Waals surface area contributed by atoms with E-state index in [1.54, 1.807) is 11.3 Å². The molecular weight excluding hydrogens is 454 g/mol. The molecule has 1 saturated carbocycles. The van der Waals surface area contributed by atoms with E-state index in [1.807, 2.05) is 38.6 Å². The first kappa shape index (κ1) is 22.3. The number of alkyl carbamates (subject to hydrolysis) is 1. The number of hydrogen-bond donors (Lipinski definition) is 3. The monoisotopic (exact) mass is 483 g/mol. The van der Waals surface area contributed by atoms with Gasteiger partial charge in [0.25, 0.3) is 0 Å². The minimum absolute atomic E-state index is 0.0984. The molecule has 174 valence electrons. The summed E-state index contributed by atoms with van der Waals surface area (Å²) in [5.41, 5.74) is 4.42. The number of H-pyrrole nitrogens is 1. The third-order valence-corrected chi connectivity index (χ3v) is 8.16. The van der Waals surface area contributed by atoms with Crippen LogP contribution in [0.3, 0.4) is 0 Å². The number of hydrogen-bond acceptors (Lipinski definition) is 7. The van der Waals surface area contributed by atoms with Crippen molar-refractivity contribution in [3.63, 3.8) is 0 Å². The van der Waals surface area contributed by atoms with Crippen molar-refractivity contribution in [2.45, 2.75) is 75.2 Å². The van der Waals surface area contributed by atoms with Crippen LogP contribution in [0, 0.1) is 6.92 Å². The Hall–Kier alpha value is -2.52. The lowest BCUT2D eigenvalue weighted by atomic mass is 9.98. The van der Waals surface area contributed by atoms with Gasteiger partial charge >= 0.3 is 6.09 Å². The van der Waals surface area contributed by atoms with E-state index >= 15 is 0 Å². The van der Waals surface area contributed by atoms with Gasteiger partial charge in [0.15, 0.2) is 5.82 Å². The molecule has 1 atom stereocenters. The topological polar surface area (TPSA) is 91.9 Å². The highest BCUT2D eigenvalue weighted by Crippen LogP contribution is 2.45. The Balaban J connectivity index is 1.35. The number of carbonyl (C=O) groups is 1. The van der Waals surface area contributed by atoms with Crippen molar-refractivity contribution in [1.29, 1.82) is 0 Å². The molecule has 5 rings (SSSR count). The van der Waals surface area contributed by atoms with Crippen LogP contribution >= 0.6 is 23.1 Å². The molecule has 2 aliphatic carbocycles. The Kier molecular flexibility index (Phi) is 6.34. The number of benzene rings is 1. The average Bonchev–Trinajstić information content (AvgIpc) is 3.32. The number of amides is 1. The lowest BCUT2D eigenvalue weighted by Crippen LogP contribution is -2.39. The molecular formula is C24H29N5O2S2. The second-order valence-corrected chi connectivity index (χ2v) is 11.4. The summed E-state index contributed by atoms with van der Waals surface area (Å²) in [6, 6.07) is 8.59. The van der Waals surface area contributed by atoms with Gasteiger partial charge in [-0.2, -0.15) is 5.10 Å². The van der Waals surface area contributed by atoms with E-state index in [-0.39, 0.29) is 18.2 Å². The molecule has 2 heterocycles. The Morgan fingerprint density at radius 2 is 2.12 bits per heavy atom. The fourth-order valence-electron chi connectivity index (χ4n) is 3.90. The van der Waals surface area contributed by atoms with Gasteiger partial charge in [0.1, 0.15) is 5.01 Å². The van der Waals surface area contributed by atoms with Gasteiger partial charge in [0, 0.05) is 50.5 Å². The first-order valence-corrected chi connectivity index (χ1v) is 13.2. The predicted octanol–water partition coefficient (Wildman–Crippen LogP) is 5.83. The standard InChI is InChI=1S/C24H29N5O2S2/c1-13(2)31-24(30)26-16-5-9-19-21(12-16)33-23(27-19)18-8-4-15(11-20(18)32-17-6-7-17)25-22-10-14(3)28-29-22/h4,8,10-11,13,16-17H,5-7,9,12H2,1-3H3,(H,26,30)(H2,25,28,29). The van der Waals surface area contributed by atoms with Crippen molar-refractivity contribution in [2.75, 3.05) is 5.32 Å². The number of fused-ring (bicyclic) bond motifs is 1. The van der Waals surface area contributed by atoms with E-state index in [4.69, 9.17) is 9.72 Å². The Morgan fingerprint density at radius 3 is 2.85 bits per heavy atom. The first-order chi connectivity index (χ1) is 15.9. The van der Waals surface area contributed by atoms with E-state index in [9.17, 15) is 4.79 Å². The molecule has 1 unspecified atom stereocenters. The third kappa shape index (κ3) is 5.52.